The molecule has 1 saturated heterocycles. The Balaban J connectivity index is 2.47. The van der Waals surface area contributed by atoms with E-state index >= 15 is 0 Å². The summed E-state index contributed by atoms with van der Waals surface area (Å²) < 4.78 is 11.4. The summed E-state index contributed by atoms with van der Waals surface area (Å²) in [6, 6.07) is 0. The van der Waals surface area contributed by atoms with Crippen LogP contribution in [-0.2, 0) is 9.47 Å². The van der Waals surface area contributed by atoms with Gasteiger partial charge in [0.25, 0.3) is 0 Å². The van der Waals surface area contributed by atoms with Crippen molar-refractivity contribution in [1.82, 2.24) is 0 Å². The van der Waals surface area contributed by atoms with Crippen molar-refractivity contribution in [1.29, 1.82) is 0 Å². The first-order valence-corrected chi connectivity index (χ1v) is 5.28. The van der Waals surface area contributed by atoms with Crippen LogP contribution < -0.4 is 0 Å². The Hall–Kier alpha value is -0.600. The molecule has 3 unspecified atom stereocenters. The third-order valence-electron chi connectivity index (χ3n) is 2.42. The summed E-state index contributed by atoms with van der Waals surface area (Å²) in [7, 11) is 0. The van der Waals surface area contributed by atoms with Crippen molar-refractivity contribution in [2.45, 2.75) is 51.6 Å². The largest absolute Gasteiger partial charge is 0.342 e. The number of rotatable bonds is 5. The van der Waals surface area contributed by atoms with Crippen LogP contribution in [0.15, 0.2) is 24.8 Å². The standard InChI is InChI=1S/C12H20O2/c1-5-7-8-11-13-10(6-2)12(14-11)9(3)4/h6,10-12H,2-3,5,7-8H2,1,4H3. The fraction of sp³-hybridized carbons (Fsp3) is 0.667. The van der Waals surface area contributed by atoms with Gasteiger partial charge in [-0.05, 0) is 25.3 Å². The molecule has 0 amide bonds. The Labute approximate surface area is 86.6 Å². The van der Waals surface area contributed by atoms with Crippen molar-refractivity contribution in [3.63, 3.8) is 0 Å². The van der Waals surface area contributed by atoms with E-state index in [0.29, 0.717) is 0 Å². The normalized spacial score (nSPS) is 31.7. The highest BCUT2D eigenvalue weighted by atomic mass is 16.7. The van der Waals surface area contributed by atoms with Crippen LogP contribution in [0.5, 0.6) is 0 Å². The summed E-state index contributed by atoms with van der Waals surface area (Å²) in [6.45, 7) is 11.8. The molecular weight excluding hydrogens is 176 g/mol. The van der Waals surface area contributed by atoms with Crippen LogP contribution in [0.4, 0.5) is 0 Å². The molecule has 2 heteroatoms. The SMILES string of the molecule is C=CC1OC(CCCC)OC1C(=C)C. The van der Waals surface area contributed by atoms with Gasteiger partial charge in [0.15, 0.2) is 6.29 Å². The van der Waals surface area contributed by atoms with Crippen LogP contribution in [0.3, 0.4) is 0 Å². The Morgan fingerprint density at radius 3 is 2.57 bits per heavy atom. The minimum atomic E-state index is -0.0698. The molecule has 0 radical (unpaired) electrons. The molecule has 0 N–H and O–H groups in total. The maximum atomic E-state index is 5.74. The molecular formula is C12H20O2. The minimum absolute atomic E-state index is 0.00523. The first-order valence-electron chi connectivity index (χ1n) is 5.28. The maximum Gasteiger partial charge on any atom is 0.159 e. The molecule has 1 rings (SSSR count). The van der Waals surface area contributed by atoms with E-state index < -0.39 is 0 Å². The van der Waals surface area contributed by atoms with E-state index in [4.69, 9.17) is 9.47 Å². The summed E-state index contributed by atoms with van der Waals surface area (Å²) in [5.74, 6) is 0. The van der Waals surface area contributed by atoms with Crippen LogP contribution in [0.2, 0.25) is 0 Å². The average molecular weight is 196 g/mol. The predicted molar refractivity (Wildman–Crippen MR) is 58.1 cm³/mol. The predicted octanol–water partition coefficient (Wildman–Crippen LogP) is 3.05. The lowest BCUT2D eigenvalue weighted by Crippen LogP contribution is -2.20. The van der Waals surface area contributed by atoms with E-state index in [1.54, 1.807) is 6.08 Å². The third kappa shape index (κ3) is 2.69. The van der Waals surface area contributed by atoms with Gasteiger partial charge in [0, 0.05) is 0 Å². The van der Waals surface area contributed by atoms with Crippen LogP contribution in [-0.4, -0.2) is 18.5 Å². The van der Waals surface area contributed by atoms with E-state index in [2.05, 4.69) is 20.1 Å². The Kier molecular flexibility index (Phi) is 4.36. The molecule has 0 spiro atoms. The average Bonchev–Trinajstić information content (AvgIpc) is 2.57. The highest BCUT2D eigenvalue weighted by Gasteiger charge is 2.33. The Morgan fingerprint density at radius 2 is 2.14 bits per heavy atom. The number of hydrogen-bond donors (Lipinski definition) is 0. The highest BCUT2D eigenvalue weighted by Crippen LogP contribution is 2.27. The van der Waals surface area contributed by atoms with E-state index in [1.165, 1.54) is 6.42 Å². The minimum Gasteiger partial charge on any atom is -0.342 e. The molecule has 1 aliphatic rings. The van der Waals surface area contributed by atoms with Crippen LogP contribution >= 0.6 is 0 Å². The molecule has 14 heavy (non-hydrogen) atoms. The molecule has 0 aliphatic carbocycles. The molecule has 80 valence electrons. The quantitative estimate of drug-likeness (QED) is 0.629. The van der Waals surface area contributed by atoms with Gasteiger partial charge >= 0.3 is 0 Å². The summed E-state index contributed by atoms with van der Waals surface area (Å²) >= 11 is 0. The van der Waals surface area contributed by atoms with E-state index in [0.717, 1.165) is 18.4 Å². The van der Waals surface area contributed by atoms with E-state index in [9.17, 15) is 0 Å². The van der Waals surface area contributed by atoms with Gasteiger partial charge in [-0.3, -0.25) is 0 Å². The fourth-order valence-corrected chi connectivity index (χ4v) is 1.60. The van der Waals surface area contributed by atoms with Gasteiger partial charge in [-0.25, -0.2) is 0 Å². The first-order chi connectivity index (χ1) is 6.69. The summed E-state index contributed by atoms with van der Waals surface area (Å²) in [6.07, 6.45) is 4.97. The maximum absolute atomic E-state index is 5.74. The second-order valence-electron chi connectivity index (χ2n) is 3.81. The summed E-state index contributed by atoms with van der Waals surface area (Å²) in [5, 5.41) is 0. The lowest BCUT2D eigenvalue weighted by molar-refractivity contribution is -0.0637. The number of hydrogen-bond acceptors (Lipinski definition) is 2. The summed E-state index contributed by atoms with van der Waals surface area (Å²) in [5.41, 5.74) is 1.01. The van der Waals surface area contributed by atoms with Gasteiger partial charge in [-0.15, -0.1) is 6.58 Å². The first kappa shape index (κ1) is 11.5. The zero-order valence-corrected chi connectivity index (χ0v) is 9.16. The van der Waals surface area contributed by atoms with Crippen LogP contribution in [0.1, 0.15) is 33.1 Å². The molecule has 0 aromatic heterocycles. The van der Waals surface area contributed by atoms with Crippen LogP contribution in [0.25, 0.3) is 0 Å². The molecule has 3 atom stereocenters. The van der Waals surface area contributed by atoms with Crippen molar-refractivity contribution in [2.75, 3.05) is 0 Å². The molecule has 1 heterocycles. The molecule has 1 fully saturated rings. The van der Waals surface area contributed by atoms with Gasteiger partial charge in [0.05, 0.1) is 0 Å². The van der Waals surface area contributed by atoms with Crippen molar-refractivity contribution < 1.29 is 9.47 Å². The molecule has 0 aromatic rings. The van der Waals surface area contributed by atoms with Gasteiger partial charge in [0.2, 0.25) is 0 Å². The smallest absolute Gasteiger partial charge is 0.159 e. The second kappa shape index (κ2) is 5.32. The monoisotopic (exact) mass is 196 g/mol. The fourth-order valence-electron chi connectivity index (χ4n) is 1.60. The van der Waals surface area contributed by atoms with Gasteiger partial charge in [0.1, 0.15) is 12.2 Å². The van der Waals surface area contributed by atoms with Crippen LogP contribution in [0, 0.1) is 0 Å². The highest BCUT2D eigenvalue weighted by molar-refractivity contribution is 5.08. The number of unbranched alkanes of at least 4 members (excludes halogenated alkanes) is 1. The molecule has 0 bridgehead atoms. The lowest BCUT2D eigenvalue weighted by atomic mass is 10.1. The van der Waals surface area contributed by atoms with Gasteiger partial charge < -0.3 is 9.47 Å². The summed E-state index contributed by atoms with van der Waals surface area (Å²) in [4.78, 5) is 0. The van der Waals surface area contributed by atoms with E-state index in [-0.39, 0.29) is 18.5 Å². The molecule has 0 saturated carbocycles. The second-order valence-corrected chi connectivity index (χ2v) is 3.81. The third-order valence-corrected chi connectivity index (χ3v) is 2.42. The molecule has 2 nitrogen and oxygen atoms in total. The number of ether oxygens (including phenoxy) is 2. The molecule has 1 aliphatic heterocycles. The Bertz CT molecular complexity index is 210. The molecule has 0 aromatic carbocycles. The Morgan fingerprint density at radius 1 is 1.43 bits per heavy atom. The van der Waals surface area contributed by atoms with Crippen molar-refractivity contribution in [3.05, 3.63) is 24.8 Å². The van der Waals surface area contributed by atoms with Crippen molar-refractivity contribution in [3.8, 4) is 0 Å². The van der Waals surface area contributed by atoms with Crippen molar-refractivity contribution in [2.24, 2.45) is 0 Å². The zero-order chi connectivity index (χ0) is 10.6. The lowest BCUT2D eigenvalue weighted by Gasteiger charge is -2.12. The zero-order valence-electron chi connectivity index (χ0n) is 9.16. The topological polar surface area (TPSA) is 18.5 Å². The van der Waals surface area contributed by atoms with Crippen molar-refractivity contribution >= 4 is 0 Å². The van der Waals surface area contributed by atoms with Gasteiger partial charge in [-0.1, -0.05) is 26.0 Å². The van der Waals surface area contributed by atoms with Gasteiger partial charge in [-0.2, -0.15) is 0 Å². The van der Waals surface area contributed by atoms with E-state index in [1.807, 2.05) is 6.92 Å².